The Hall–Kier alpha value is -2.83. The summed E-state index contributed by atoms with van der Waals surface area (Å²) >= 11 is 0. The molecule has 0 aliphatic heterocycles. The molecule has 2 heterocycles. The molecule has 0 radical (unpaired) electrons. The van der Waals surface area contributed by atoms with Gasteiger partial charge in [-0.25, -0.2) is 9.97 Å². The highest BCUT2D eigenvalue weighted by Crippen LogP contribution is 2.34. The topological polar surface area (TPSA) is 99.1 Å². The number of phenols is 1. The van der Waals surface area contributed by atoms with Crippen molar-refractivity contribution in [2.24, 2.45) is 7.05 Å². The van der Waals surface area contributed by atoms with Gasteiger partial charge in [0.05, 0.1) is 6.20 Å². The van der Waals surface area contributed by atoms with E-state index in [1.807, 2.05) is 0 Å². The average Bonchev–Trinajstić information content (AvgIpc) is 2.78. The van der Waals surface area contributed by atoms with E-state index in [4.69, 9.17) is 10.5 Å². The summed E-state index contributed by atoms with van der Waals surface area (Å²) in [6.07, 6.45) is 3.00. The number of nitrogens with two attached hydrogens (primary N) is 1. The summed E-state index contributed by atoms with van der Waals surface area (Å²) in [5.41, 5.74) is 6.56. The van der Waals surface area contributed by atoms with E-state index in [0.717, 1.165) is 0 Å². The number of hydrogen-bond donors (Lipinski definition) is 2. The van der Waals surface area contributed by atoms with Crippen molar-refractivity contribution in [3.8, 4) is 17.4 Å². The van der Waals surface area contributed by atoms with Crippen LogP contribution in [0, 0.1) is 0 Å². The number of aromatic hydroxyl groups is 1. The maximum Gasteiger partial charge on any atom is 0.233 e. The van der Waals surface area contributed by atoms with Crippen LogP contribution in [-0.4, -0.2) is 24.9 Å². The second-order valence-electron chi connectivity index (χ2n) is 3.98. The van der Waals surface area contributed by atoms with Crippen LogP contribution in [0.2, 0.25) is 0 Å². The molecule has 7 nitrogen and oxygen atoms in total. The summed E-state index contributed by atoms with van der Waals surface area (Å²) in [4.78, 5) is 8.17. The minimum Gasteiger partial charge on any atom is -0.506 e. The summed E-state index contributed by atoms with van der Waals surface area (Å²) in [6.45, 7) is 0. The number of ether oxygens (including phenoxy) is 1. The molecule has 1 aromatic carbocycles. The van der Waals surface area contributed by atoms with Gasteiger partial charge < -0.3 is 15.6 Å². The number of aryl methyl sites for hydroxylation is 1. The van der Waals surface area contributed by atoms with Crippen LogP contribution < -0.4 is 10.5 Å². The second kappa shape index (κ2) is 4.13. The van der Waals surface area contributed by atoms with Gasteiger partial charge in [0, 0.05) is 7.05 Å². The number of hydrogen-bond acceptors (Lipinski definition) is 6. The zero-order chi connectivity index (χ0) is 13.4. The number of benzene rings is 1. The molecule has 3 aromatic rings. The molecular weight excluding hydrogens is 246 g/mol. The van der Waals surface area contributed by atoms with Crippen molar-refractivity contribution >= 4 is 16.7 Å². The lowest BCUT2D eigenvalue weighted by Gasteiger charge is -2.08. The smallest absolute Gasteiger partial charge is 0.233 e. The van der Waals surface area contributed by atoms with E-state index in [9.17, 15) is 5.11 Å². The highest BCUT2D eigenvalue weighted by atomic mass is 16.5. The molecule has 0 atom stereocenters. The largest absolute Gasteiger partial charge is 0.506 e. The minimum atomic E-state index is -0.0333. The number of nitrogens with zero attached hydrogens (tertiary/aromatic N) is 4. The predicted octanol–water partition coefficient (Wildman–Crippen LogP) is 1.44. The van der Waals surface area contributed by atoms with Crippen molar-refractivity contribution in [1.82, 2.24) is 19.7 Å². The molecule has 7 heteroatoms. The minimum absolute atomic E-state index is 0.0333. The van der Waals surface area contributed by atoms with Crippen molar-refractivity contribution in [1.29, 1.82) is 0 Å². The summed E-state index contributed by atoms with van der Waals surface area (Å²) in [5, 5.41) is 14.3. The summed E-state index contributed by atoms with van der Waals surface area (Å²) < 4.78 is 7.25. The van der Waals surface area contributed by atoms with E-state index in [-0.39, 0.29) is 11.4 Å². The Kier molecular flexibility index (Phi) is 2.45. The first-order chi connectivity index (χ1) is 9.16. The zero-order valence-electron chi connectivity index (χ0n) is 10.1. The molecule has 0 amide bonds. The maximum atomic E-state index is 9.54. The standard InChI is InChI=1S/C12H11N5O2/c1-17-11-7(5-16-17)12(15-6-14-11)19-9-4-2-3-8(18)10(9)13/h2-6,18H,13H2,1H3. The van der Waals surface area contributed by atoms with Gasteiger partial charge in [-0.1, -0.05) is 6.07 Å². The normalized spacial score (nSPS) is 10.8. The molecule has 0 bridgehead atoms. The number of nitrogen functional groups attached to an aromatic ring is 1. The summed E-state index contributed by atoms with van der Waals surface area (Å²) in [7, 11) is 1.78. The second-order valence-corrected chi connectivity index (χ2v) is 3.98. The van der Waals surface area contributed by atoms with Crippen molar-refractivity contribution in [2.75, 3.05) is 5.73 Å². The first-order valence-corrected chi connectivity index (χ1v) is 5.55. The van der Waals surface area contributed by atoms with Crippen LogP contribution >= 0.6 is 0 Å². The van der Waals surface area contributed by atoms with Gasteiger partial charge in [-0.05, 0) is 12.1 Å². The van der Waals surface area contributed by atoms with Crippen molar-refractivity contribution in [2.45, 2.75) is 0 Å². The molecule has 96 valence electrons. The van der Waals surface area contributed by atoms with Crippen molar-refractivity contribution in [3.63, 3.8) is 0 Å². The van der Waals surface area contributed by atoms with Crippen molar-refractivity contribution in [3.05, 3.63) is 30.7 Å². The number of anilines is 1. The molecule has 19 heavy (non-hydrogen) atoms. The average molecular weight is 257 g/mol. The third-order valence-corrected chi connectivity index (χ3v) is 2.74. The van der Waals surface area contributed by atoms with Crippen LogP contribution in [0.1, 0.15) is 0 Å². The number of para-hydroxylation sites is 1. The van der Waals surface area contributed by atoms with E-state index in [1.165, 1.54) is 12.4 Å². The molecule has 0 saturated heterocycles. The van der Waals surface area contributed by atoms with Gasteiger partial charge in [-0.3, -0.25) is 4.68 Å². The molecule has 0 spiro atoms. The molecule has 0 aliphatic rings. The number of rotatable bonds is 2. The first kappa shape index (κ1) is 11.3. The summed E-state index contributed by atoms with van der Waals surface area (Å²) in [6, 6.07) is 4.78. The van der Waals surface area contributed by atoms with Gasteiger partial charge in [0.1, 0.15) is 23.2 Å². The predicted molar refractivity (Wildman–Crippen MR) is 68.9 cm³/mol. The van der Waals surface area contributed by atoms with E-state index >= 15 is 0 Å². The molecule has 0 saturated carbocycles. The van der Waals surface area contributed by atoms with Crippen LogP contribution in [-0.2, 0) is 7.05 Å². The number of fused-ring (bicyclic) bond motifs is 1. The molecule has 3 N–H and O–H groups in total. The lowest BCUT2D eigenvalue weighted by atomic mass is 10.3. The van der Waals surface area contributed by atoms with Gasteiger partial charge in [-0.15, -0.1) is 0 Å². The van der Waals surface area contributed by atoms with E-state index < -0.39 is 0 Å². The van der Waals surface area contributed by atoms with Gasteiger partial charge in [0.15, 0.2) is 11.4 Å². The Morgan fingerprint density at radius 3 is 3.00 bits per heavy atom. The van der Waals surface area contributed by atoms with Crippen LogP contribution in [0.15, 0.2) is 30.7 Å². The van der Waals surface area contributed by atoms with Crippen LogP contribution in [0.25, 0.3) is 11.0 Å². The molecule has 3 rings (SSSR count). The van der Waals surface area contributed by atoms with Gasteiger partial charge in [0.2, 0.25) is 5.88 Å². The lowest BCUT2D eigenvalue weighted by molar-refractivity contribution is 0.453. The van der Waals surface area contributed by atoms with E-state index in [0.29, 0.717) is 22.7 Å². The third kappa shape index (κ3) is 1.81. The van der Waals surface area contributed by atoms with Gasteiger partial charge in [-0.2, -0.15) is 5.10 Å². The van der Waals surface area contributed by atoms with Gasteiger partial charge in [0.25, 0.3) is 0 Å². The molecule has 0 fully saturated rings. The van der Waals surface area contributed by atoms with E-state index in [1.54, 1.807) is 30.1 Å². The Bertz CT molecular complexity index is 753. The van der Waals surface area contributed by atoms with Gasteiger partial charge >= 0.3 is 0 Å². The fourth-order valence-electron chi connectivity index (χ4n) is 1.75. The molecule has 0 unspecified atom stereocenters. The Labute approximate surface area is 108 Å². The quantitative estimate of drug-likeness (QED) is 0.532. The highest BCUT2D eigenvalue weighted by Gasteiger charge is 2.12. The maximum absolute atomic E-state index is 9.54. The fraction of sp³-hybridized carbons (Fsp3) is 0.0833. The highest BCUT2D eigenvalue weighted by molar-refractivity contribution is 5.80. The number of phenolic OH excluding ortho intramolecular Hbond substituents is 1. The van der Waals surface area contributed by atoms with Crippen LogP contribution in [0.3, 0.4) is 0 Å². The molecular formula is C12H11N5O2. The van der Waals surface area contributed by atoms with Crippen LogP contribution in [0.4, 0.5) is 5.69 Å². The Morgan fingerprint density at radius 1 is 1.32 bits per heavy atom. The first-order valence-electron chi connectivity index (χ1n) is 5.55. The Morgan fingerprint density at radius 2 is 2.16 bits per heavy atom. The molecule has 2 aromatic heterocycles. The lowest BCUT2D eigenvalue weighted by Crippen LogP contribution is -1.96. The summed E-state index contributed by atoms with van der Waals surface area (Å²) in [5.74, 6) is 0.647. The third-order valence-electron chi connectivity index (χ3n) is 2.74. The van der Waals surface area contributed by atoms with Crippen molar-refractivity contribution < 1.29 is 9.84 Å². The van der Waals surface area contributed by atoms with Crippen LogP contribution in [0.5, 0.6) is 17.4 Å². The Balaban J connectivity index is 2.08. The monoisotopic (exact) mass is 257 g/mol. The number of aromatic nitrogens is 4. The molecule has 0 aliphatic carbocycles. The fourth-order valence-corrected chi connectivity index (χ4v) is 1.75. The van der Waals surface area contributed by atoms with E-state index in [2.05, 4.69) is 15.1 Å². The zero-order valence-corrected chi connectivity index (χ0v) is 10.1. The SMILES string of the molecule is Cn1ncc2c(Oc3cccc(O)c3N)ncnc21.